The maximum atomic E-state index is 13.2. The first-order valence-corrected chi connectivity index (χ1v) is 9.60. The third-order valence-electron chi connectivity index (χ3n) is 5.25. The number of aliphatic imine (C=N–C) groups is 1. The van der Waals surface area contributed by atoms with E-state index in [-0.39, 0.29) is 49.1 Å². The summed E-state index contributed by atoms with van der Waals surface area (Å²) in [5, 5.41) is 7.17. The Morgan fingerprint density at radius 3 is 2.66 bits per heavy atom. The SMILES string of the molecule is CN1C=C(NC(=O)C2=C3N=C(N4CCNC(C(F)(F)F)C4)C=CN3NC2)C(C(F)(F)F)N1. The second-order valence-electron chi connectivity index (χ2n) is 7.54. The summed E-state index contributed by atoms with van der Waals surface area (Å²) in [5.74, 6) is -0.444. The maximum Gasteiger partial charge on any atom is 0.411 e. The fourth-order valence-electron chi connectivity index (χ4n) is 3.68. The van der Waals surface area contributed by atoms with Crippen molar-refractivity contribution in [2.24, 2.45) is 4.99 Å². The molecule has 0 radical (unpaired) electrons. The highest BCUT2D eigenvalue weighted by Gasteiger charge is 2.46. The number of nitrogens with one attached hydrogen (secondary N) is 4. The molecule has 0 aromatic rings. The van der Waals surface area contributed by atoms with Crippen LogP contribution in [0.15, 0.2) is 40.6 Å². The number of amides is 1. The van der Waals surface area contributed by atoms with E-state index in [4.69, 9.17) is 0 Å². The normalized spacial score (nSPS) is 26.4. The number of hydrazine groups is 2. The molecule has 4 rings (SSSR count). The number of piperazine rings is 1. The fourth-order valence-corrected chi connectivity index (χ4v) is 3.68. The molecule has 4 heterocycles. The van der Waals surface area contributed by atoms with Gasteiger partial charge in [-0.15, -0.1) is 0 Å². The lowest BCUT2D eigenvalue weighted by Gasteiger charge is -2.36. The zero-order chi connectivity index (χ0) is 23.3. The second kappa shape index (κ2) is 7.97. The van der Waals surface area contributed by atoms with Crippen LogP contribution in [-0.4, -0.2) is 84.3 Å². The Kier molecular flexibility index (Phi) is 5.58. The van der Waals surface area contributed by atoms with Crippen molar-refractivity contribution >= 4 is 11.7 Å². The molecule has 4 aliphatic heterocycles. The number of halogens is 6. The van der Waals surface area contributed by atoms with Gasteiger partial charge in [0.15, 0.2) is 11.9 Å². The third kappa shape index (κ3) is 4.40. The number of rotatable bonds is 2. The first kappa shape index (κ1) is 22.4. The van der Waals surface area contributed by atoms with Crippen LogP contribution in [0.25, 0.3) is 0 Å². The Bertz CT molecular complexity index is 908. The van der Waals surface area contributed by atoms with Crippen LogP contribution in [-0.2, 0) is 4.79 Å². The highest BCUT2D eigenvalue weighted by Crippen LogP contribution is 2.29. The molecule has 2 unspecified atom stereocenters. The predicted molar refractivity (Wildman–Crippen MR) is 99.8 cm³/mol. The lowest BCUT2D eigenvalue weighted by Crippen LogP contribution is -2.58. The van der Waals surface area contributed by atoms with Crippen molar-refractivity contribution in [2.75, 3.05) is 33.2 Å². The average Bonchev–Trinajstić information content (AvgIpc) is 3.30. The molecular formula is C17H20F6N8O. The fraction of sp³-hybridized carbons (Fsp3) is 0.529. The Morgan fingerprint density at radius 2 is 1.97 bits per heavy atom. The van der Waals surface area contributed by atoms with E-state index in [0.717, 1.165) is 11.2 Å². The molecule has 0 bridgehead atoms. The van der Waals surface area contributed by atoms with Crippen molar-refractivity contribution in [2.45, 2.75) is 24.4 Å². The third-order valence-corrected chi connectivity index (χ3v) is 5.25. The summed E-state index contributed by atoms with van der Waals surface area (Å²) in [4.78, 5) is 18.5. The smallest absolute Gasteiger partial charge is 0.353 e. The predicted octanol–water partition coefficient (Wildman–Crippen LogP) is 0.119. The van der Waals surface area contributed by atoms with Crippen LogP contribution in [0.3, 0.4) is 0 Å². The first-order chi connectivity index (χ1) is 14.9. The first-order valence-electron chi connectivity index (χ1n) is 9.60. The van der Waals surface area contributed by atoms with Gasteiger partial charge >= 0.3 is 12.4 Å². The van der Waals surface area contributed by atoms with Crippen molar-refractivity contribution in [3.05, 3.63) is 35.6 Å². The minimum absolute atomic E-state index is 0.0117. The Labute approximate surface area is 178 Å². The van der Waals surface area contributed by atoms with Crippen molar-refractivity contribution in [3.8, 4) is 0 Å². The number of carbonyl (C=O) groups is 1. The van der Waals surface area contributed by atoms with Crippen molar-refractivity contribution in [1.82, 2.24) is 36.4 Å². The number of fused-ring (bicyclic) bond motifs is 1. The molecule has 0 spiro atoms. The monoisotopic (exact) mass is 466 g/mol. The van der Waals surface area contributed by atoms with E-state index in [1.54, 1.807) is 0 Å². The van der Waals surface area contributed by atoms with Crippen molar-refractivity contribution < 1.29 is 31.1 Å². The lowest BCUT2D eigenvalue weighted by molar-refractivity contribution is -0.161. The van der Waals surface area contributed by atoms with Crippen molar-refractivity contribution in [3.63, 3.8) is 0 Å². The minimum Gasteiger partial charge on any atom is -0.353 e. The van der Waals surface area contributed by atoms with Crippen LogP contribution in [0.5, 0.6) is 0 Å². The van der Waals surface area contributed by atoms with E-state index in [1.807, 2.05) is 0 Å². The van der Waals surface area contributed by atoms with Gasteiger partial charge in [-0.3, -0.25) is 9.80 Å². The summed E-state index contributed by atoms with van der Waals surface area (Å²) >= 11 is 0. The van der Waals surface area contributed by atoms with Crippen LogP contribution < -0.4 is 21.5 Å². The minimum atomic E-state index is -4.63. The molecule has 1 saturated heterocycles. The number of amidine groups is 1. The van der Waals surface area contributed by atoms with E-state index in [0.29, 0.717) is 0 Å². The summed E-state index contributed by atoms with van der Waals surface area (Å²) in [6, 6.07) is -3.79. The van der Waals surface area contributed by atoms with E-state index in [2.05, 4.69) is 26.5 Å². The summed E-state index contributed by atoms with van der Waals surface area (Å²) < 4.78 is 78.9. The van der Waals surface area contributed by atoms with Crippen LogP contribution in [0, 0.1) is 0 Å². The Morgan fingerprint density at radius 1 is 1.22 bits per heavy atom. The number of hydrogen-bond acceptors (Lipinski definition) is 8. The second-order valence-corrected chi connectivity index (χ2v) is 7.54. The molecule has 1 amide bonds. The van der Waals surface area contributed by atoms with Gasteiger partial charge in [0.2, 0.25) is 0 Å². The average molecular weight is 466 g/mol. The molecule has 0 saturated carbocycles. The summed E-state index contributed by atoms with van der Waals surface area (Å²) in [6.45, 7) is 0.00432. The van der Waals surface area contributed by atoms with E-state index in [1.165, 1.54) is 29.2 Å². The van der Waals surface area contributed by atoms with Crippen LogP contribution in [0.2, 0.25) is 0 Å². The van der Waals surface area contributed by atoms with Gasteiger partial charge in [-0.05, 0) is 6.08 Å². The summed E-state index contributed by atoms with van der Waals surface area (Å²) in [6.07, 6.45) is -4.92. The van der Waals surface area contributed by atoms with Gasteiger partial charge in [0, 0.05) is 45.6 Å². The molecule has 0 aromatic heterocycles. The molecule has 4 N–H and O–H groups in total. The highest BCUT2D eigenvalue weighted by molar-refractivity contribution is 5.99. The summed E-state index contributed by atoms with van der Waals surface area (Å²) in [7, 11) is 1.36. The lowest BCUT2D eigenvalue weighted by atomic mass is 10.2. The van der Waals surface area contributed by atoms with Crippen LogP contribution >= 0.6 is 0 Å². The number of hydrogen-bond donors (Lipinski definition) is 4. The zero-order valence-corrected chi connectivity index (χ0v) is 16.7. The molecule has 1 fully saturated rings. The van der Waals surface area contributed by atoms with Gasteiger partial charge in [-0.25, -0.2) is 15.8 Å². The molecule has 15 heteroatoms. The molecule has 2 atom stereocenters. The highest BCUT2D eigenvalue weighted by atomic mass is 19.4. The summed E-state index contributed by atoms with van der Waals surface area (Å²) in [5.41, 5.74) is 4.71. The van der Waals surface area contributed by atoms with E-state index < -0.39 is 30.3 Å². The number of nitrogens with zero attached hydrogens (tertiary/aromatic N) is 4. The van der Waals surface area contributed by atoms with Gasteiger partial charge in [-0.2, -0.15) is 26.3 Å². The van der Waals surface area contributed by atoms with E-state index >= 15 is 0 Å². The van der Waals surface area contributed by atoms with Gasteiger partial charge in [-0.1, -0.05) is 0 Å². The quantitative estimate of drug-likeness (QED) is 0.430. The molecule has 176 valence electrons. The Hall–Kier alpha value is -2.78. The van der Waals surface area contributed by atoms with Gasteiger partial charge in [0.1, 0.15) is 11.9 Å². The number of carbonyl (C=O) groups excluding carboxylic acids is 1. The van der Waals surface area contributed by atoms with Crippen LogP contribution in [0.4, 0.5) is 26.3 Å². The molecule has 4 aliphatic rings. The Balaban J connectivity index is 1.54. The van der Waals surface area contributed by atoms with Gasteiger partial charge in [0.05, 0.1) is 11.3 Å². The van der Waals surface area contributed by atoms with Crippen LogP contribution in [0.1, 0.15) is 0 Å². The molecule has 9 nitrogen and oxygen atoms in total. The molecular weight excluding hydrogens is 446 g/mol. The van der Waals surface area contributed by atoms with E-state index in [9.17, 15) is 31.1 Å². The topological polar surface area (TPSA) is 87.3 Å². The molecule has 0 aliphatic carbocycles. The zero-order valence-electron chi connectivity index (χ0n) is 16.7. The van der Waals surface area contributed by atoms with Gasteiger partial charge in [0.25, 0.3) is 5.91 Å². The maximum absolute atomic E-state index is 13.2. The standard InChI is InChI=1S/C17H20F6N8O/c1-29-7-10(13(28-29)17(21,22)23)26-15(32)9-6-25-31-4-2-12(27-14(9)31)30-5-3-24-11(8-30)16(18,19)20/h2,4,7,11,13,24-25,28H,3,5-6,8H2,1H3,(H,26,32). The number of alkyl halides is 6. The molecule has 32 heavy (non-hydrogen) atoms. The van der Waals surface area contributed by atoms with Gasteiger partial charge < -0.3 is 20.5 Å². The largest absolute Gasteiger partial charge is 0.411 e. The molecule has 0 aromatic carbocycles. The van der Waals surface area contributed by atoms with Crippen molar-refractivity contribution in [1.29, 1.82) is 0 Å².